The van der Waals surface area contributed by atoms with Gasteiger partial charge in [0.1, 0.15) is 0 Å². The standard InChI is InChI=1S/C45H39N3/c1-3-36-16-14-24-45(34-36)48(39-21-11-6-12-22-39)43-31-27-41(28-32-43)46(37-17-7-4-8-18-37)40-25-29-42(30-26-40)47(38-19-9-5-10-20-38)44-23-13-15-35(2)33-44/h4-34H,3H2,1-2H3. The normalized spacial score (nSPS) is 10.8. The van der Waals surface area contributed by atoms with Crippen LogP contribution in [0.25, 0.3) is 0 Å². The zero-order valence-electron chi connectivity index (χ0n) is 27.4. The molecule has 0 unspecified atom stereocenters. The molecule has 234 valence electrons. The van der Waals surface area contributed by atoms with Crippen molar-refractivity contribution in [3.63, 3.8) is 0 Å². The molecular weight excluding hydrogens is 583 g/mol. The molecule has 7 rings (SSSR count). The minimum atomic E-state index is 0.994. The maximum atomic E-state index is 2.33. The molecule has 0 aliphatic rings. The monoisotopic (exact) mass is 621 g/mol. The molecular formula is C45H39N3. The lowest BCUT2D eigenvalue weighted by atomic mass is 10.1. The van der Waals surface area contributed by atoms with Crippen molar-refractivity contribution in [1.29, 1.82) is 0 Å². The first-order valence-corrected chi connectivity index (χ1v) is 16.6. The lowest BCUT2D eigenvalue weighted by Gasteiger charge is -2.29. The molecule has 0 atom stereocenters. The maximum absolute atomic E-state index is 2.33. The summed E-state index contributed by atoms with van der Waals surface area (Å²) in [5.74, 6) is 0. The van der Waals surface area contributed by atoms with Gasteiger partial charge in [0.25, 0.3) is 0 Å². The van der Waals surface area contributed by atoms with Crippen LogP contribution in [0.5, 0.6) is 0 Å². The van der Waals surface area contributed by atoms with Gasteiger partial charge < -0.3 is 14.7 Å². The van der Waals surface area contributed by atoms with E-state index in [0.717, 1.165) is 57.6 Å². The van der Waals surface area contributed by atoms with E-state index in [2.05, 4.69) is 217 Å². The smallest absolute Gasteiger partial charge is 0.0464 e. The summed E-state index contributed by atoms with van der Waals surface area (Å²) in [5.41, 5.74) is 12.6. The number of nitrogens with zero attached hydrogens (tertiary/aromatic N) is 3. The largest absolute Gasteiger partial charge is 0.311 e. The summed E-state index contributed by atoms with van der Waals surface area (Å²) in [7, 11) is 0. The Bertz CT molecular complexity index is 2060. The van der Waals surface area contributed by atoms with Crippen LogP contribution in [0.3, 0.4) is 0 Å². The van der Waals surface area contributed by atoms with E-state index in [-0.39, 0.29) is 0 Å². The van der Waals surface area contributed by atoms with E-state index in [9.17, 15) is 0 Å². The average Bonchev–Trinajstić information content (AvgIpc) is 3.15. The van der Waals surface area contributed by atoms with Crippen molar-refractivity contribution in [2.45, 2.75) is 20.3 Å². The fourth-order valence-corrected chi connectivity index (χ4v) is 6.26. The van der Waals surface area contributed by atoms with Gasteiger partial charge in [0, 0.05) is 51.2 Å². The SMILES string of the molecule is CCc1cccc(N(c2ccccc2)c2ccc(N(c3ccccc3)c3ccc(N(c4ccccc4)c4cccc(C)c4)cc3)cc2)c1. The first kappa shape index (κ1) is 30.6. The number of hydrogen-bond donors (Lipinski definition) is 0. The second-order valence-electron chi connectivity index (χ2n) is 11.9. The van der Waals surface area contributed by atoms with Gasteiger partial charge in [-0.1, -0.05) is 85.8 Å². The van der Waals surface area contributed by atoms with Gasteiger partial charge in [-0.3, -0.25) is 0 Å². The average molecular weight is 622 g/mol. The minimum Gasteiger partial charge on any atom is -0.311 e. The fraction of sp³-hybridized carbons (Fsp3) is 0.0667. The summed E-state index contributed by atoms with van der Waals surface area (Å²) in [6.45, 7) is 4.34. The molecule has 0 radical (unpaired) electrons. The van der Waals surface area contributed by atoms with Crippen molar-refractivity contribution in [3.8, 4) is 0 Å². The predicted octanol–water partition coefficient (Wildman–Crippen LogP) is 13.0. The van der Waals surface area contributed by atoms with Crippen LogP contribution in [0, 0.1) is 6.92 Å². The molecule has 0 spiro atoms. The van der Waals surface area contributed by atoms with Gasteiger partial charge >= 0.3 is 0 Å². The molecule has 0 aliphatic heterocycles. The second-order valence-corrected chi connectivity index (χ2v) is 11.9. The summed E-state index contributed by atoms with van der Waals surface area (Å²) in [5, 5.41) is 0. The Morgan fingerprint density at radius 1 is 0.312 bits per heavy atom. The van der Waals surface area contributed by atoms with Gasteiger partial charge in [-0.25, -0.2) is 0 Å². The minimum absolute atomic E-state index is 0.994. The highest BCUT2D eigenvalue weighted by molar-refractivity contribution is 5.83. The highest BCUT2D eigenvalue weighted by Gasteiger charge is 2.18. The molecule has 0 amide bonds. The number of aryl methyl sites for hydroxylation is 2. The molecule has 3 nitrogen and oxygen atoms in total. The van der Waals surface area contributed by atoms with E-state index in [1.807, 2.05) is 0 Å². The predicted molar refractivity (Wildman–Crippen MR) is 205 cm³/mol. The number of benzene rings is 7. The molecule has 7 aromatic rings. The number of rotatable bonds is 10. The molecule has 0 heterocycles. The first-order valence-electron chi connectivity index (χ1n) is 16.6. The zero-order valence-corrected chi connectivity index (χ0v) is 27.4. The van der Waals surface area contributed by atoms with Gasteiger partial charge in [-0.15, -0.1) is 0 Å². The Morgan fingerprint density at radius 3 is 1.00 bits per heavy atom. The third kappa shape index (κ3) is 6.58. The summed E-state index contributed by atoms with van der Waals surface area (Å²) < 4.78 is 0. The number of para-hydroxylation sites is 3. The van der Waals surface area contributed by atoms with E-state index < -0.39 is 0 Å². The zero-order chi connectivity index (χ0) is 32.7. The molecule has 0 saturated heterocycles. The lowest BCUT2D eigenvalue weighted by Crippen LogP contribution is -2.13. The van der Waals surface area contributed by atoms with E-state index in [0.29, 0.717) is 0 Å². The Balaban J connectivity index is 1.27. The van der Waals surface area contributed by atoms with Gasteiger partial charge in [0.2, 0.25) is 0 Å². The van der Waals surface area contributed by atoms with Crippen LogP contribution < -0.4 is 14.7 Å². The van der Waals surface area contributed by atoms with E-state index in [4.69, 9.17) is 0 Å². The lowest BCUT2D eigenvalue weighted by molar-refractivity contribution is 1.13. The van der Waals surface area contributed by atoms with Crippen LogP contribution in [0.4, 0.5) is 51.2 Å². The first-order chi connectivity index (χ1) is 23.7. The highest BCUT2D eigenvalue weighted by Crippen LogP contribution is 2.41. The maximum Gasteiger partial charge on any atom is 0.0464 e. The van der Waals surface area contributed by atoms with E-state index in [1.165, 1.54) is 11.1 Å². The van der Waals surface area contributed by atoms with Crippen molar-refractivity contribution in [2.24, 2.45) is 0 Å². The number of hydrogen-bond acceptors (Lipinski definition) is 3. The quantitative estimate of drug-likeness (QED) is 0.150. The number of anilines is 9. The Hall–Kier alpha value is -6.06. The molecule has 0 bridgehead atoms. The van der Waals surface area contributed by atoms with Gasteiger partial charge in [0.15, 0.2) is 0 Å². The topological polar surface area (TPSA) is 9.72 Å². The van der Waals surface area contributed by atoms with Crippen molar-refractivity contribution < 1.29 is 0 Å². The van der Waals surface area contributed by atoms with Crippen molar-refractivity contribution >= 4 is 51.2 Å². The van der Waals surface area contributed by atoms with Crippen LogP contribution in [0.15, 0.2) is 188 Å². The highest BCUT2D eigenvalue weighted by atomic mass is 15.2. The van der Waals surface area contributed by atoms with Crippen molar-refractivity contribution in [3.05, 3.63) is 199 Å². The summed E-state index contributed by atoms with van der Waals surface area (Å²) >= 11 is 0. The van der Waals surface area contributed by atoms with Gasteiger partial charge in [0.05, 0.1) is 0 Å². The van der Waals surface area contributed by atoms with Crippen LogP contribution in [-0.4, -0.2) is 0 Å². The third-order valence-electron chi connectivity index (χ3n) is 8.61. The Morgan fingerprint density at radius 2 is 0.625 bits per heavy atom. The molecule has 0 N–H and O–H groups in total. The van der Waals surface area contributed by atoms with Crippen molar-refractivity contribution in [2.75, 3.05) is 14.7 Å². The molecule has 0 saturated carbocycles. The summed E-state index contributed by atoms with van der Waals surface area (Å²) in [6, 6.07) is 67.0. The Labute approximate surface area is 284 Å². The molecule has 0 aliphatic carbocycles. The Kier molecular flexibility index (Phi) is 9.02. The molecule has 48 heavy (non-hydrogen) atoms. The molecule has 0 aromatic heterocycles. The molecule has 3 heteroatoms. The van der Waals surface area contributed by atoms with Crippen LogP contribution in [-0.2, 0) is 6.42 Å². The summed E-state index contributed by atoms with van der Waals surface area (Å²) in [4.78, 5) is 6.95. The van der Waals surface area contributed by atoms with Crippen molar-refractivity contribution in [1.82, 2.24) is 0 Å². The van der Waals surface area contributed by atoms with E-state index in [1.54, 1.807) is 0 Å². The van der Waals surface area contributed by atoms with Gasteiger partial charge in [-0.2, -0.15) is 0 Å². The molecule has 7 aromatic carbocycles. The van der Waals surface area contributed by atoms with Crippen LogP contribution >= 0.6 is 0 Å². The van der Waals surface area contributed by atoms with Crippen LogP contribution in [0.2, 0.25) is 0 Å². The second kappa shape index (κ2) is 14.1. The van der Waals surface area contributed by atoms with Gasteiger partial charge in [-0.05, 0) is 134 Å². The fourth-order valence-electron chi connectivity index (χ4n) is 6.26. The summed E-state index contributed by atoms with van der Waals surface area (Å²) in [6.07, 6.45) is 0.994. The van der Waals surface area contributed by atoms with E-state index >= 15 is 0 Å². The third-order valence-corrected chi connectivity index (χ3v) is 8.61. The molecule has 0 fully saturated rings. The van der Waals surface area contributed by atoms with Crippen LogP contribution in [0.1, 0.15) is 18.1 Å².